The highest BCUT2D eigenvalue weighted by Crippen LogP contribution is 2.29. The van der Waals surface area contributed by atoms with Crippen LogP contribution in [0.1, 0.15) is 36.2 Å². The second-order valence-electron chi connectivity index (χ2n) is 6.15. The van der Waals surface area contributed by atoms with Crippen molar-refractivity contribution in [2.24, 2.45) is 0 Å². The van der Waals surface area contributed by atoms with Gasteiger partial charge >= 0.3 is 0 Å². The number of rotatable bonds is 1. The van der Waals surface area contributed by atoms with Crippen molar-refractivity contribution in [3.63, 3.8) is 0 Å². The van der Waals surface area contributed by atoms with Gasteiger partial charge in [0.1, 0.15) is 5.69 Å². The second kappa shape index (κ2) is 5.69. The van der Waals surface area contributed by atoms with Gasteiger partial charge in [-0.05, 0) is 25.0 Å². The zero-order valence-corrected chi connectivity index (χ0v) is 12.6. The molecule has 2 heterocycles. The van der Waals surface area contributed by atoms with E-state index in [1.165, 1.54) is 12.8 Å². The molecule has 2 atom stereocenters. The number of morpholine rings is 1. The van der Waals surface area contributed by atoms with Crippen LogP contribution in [0.5, 0.6) is 0 Å². The Bertz CT molecular complexity index is 698. The first-order valence-corrected chi connectivity index (χ1v) is 8.11. The lowest BCUT2D eigenvalue weighted by Gasteiger charge is -2.43. The standard InChI is InChI=1S/C18H20N2O2/c21-18(15-10-9-13-5-1-2-6-14(13)19-15)20-11-12-22-17-8-4-3-7-16(17)20/h1-2,5-6,9-10,16-17H,3-4,7-8,11-12H2/t16-,17-/m1/s1. The molecule has 4 heteroatoms. The predicted molar refractivity (Wildman–Crippen MR) is 84.8 cm³/mol. The summed E-state index contributed by atoms with van der Waals surface area (Å²) >= 11 is 0. The summed E-state index contributed by atoms with van der Waals surface area (Å²) in [5, 5.41) is 1.07. The van der Waals surface area contributed by atoms with Crippen LogP contribution in [0.25, 0.3) is 10.9 Å². The monoisotopic (exact) mass is 296 g/mol. The molecular formula is C18H20N2O2. The van der Waals surface area contributed by atoms with Gasteiger partial charge in [-0.25, -0.2) is 4.98 Å². The van der Waals surface area contributed by atoms with Gasteiger partial charge in [0, 0.05) is 11.9 Å². The predicted octanol–water partition coefficient (Wildman–Crippen LogP) is 3.02. The number of nitrogens with zero attached hydrogens (tertiary/aromatic N) is 2. The first kappa shape index (κ1) is 13.7. The summed E-state index contributed by atoms with van der Waals surface area (Å²) in [6.45, 7) is 1.31. The Labute approximate surface area is 130 Å². The van der Waals surface area contributed by atoms with Gasteiger partial charge in [-0.1, -0.05) is 37.1 Å². The summed E-state index contributed by atoms with van der Waals surface area (Å²) in [6, 6.07) is 12.0. The molecule has 4 rings (SSSR count). The van der Waals surface area contributed by atoms with Crippen LogP contribution in [0.2, 0.25) is 0 Å². The van der Waals surface area contributed by atoms with Crippen molar-refractivity contribution in [1.29, 1.82) is 0 Å². The number of benzene rings is 1. The summed E-state index contributed by atoms with van der Waals surface area (Å²) < 4.78 is 5.85. The number of hydrogen-bond acceptors (Lipinski definition) is 3. The van der Waals surface area contributed by atoms with Crippen LogP contribution in [0.4, 0.5) is 0 Å². The third-order valence-electron chi connectivity index (χ3n) is 4.81. The minimum atomic E-state index is 0.0472. The lowest BCUT2D eigenvalue weighted by atomic mass is 9.90. The number of amides is 1. The Balaban J connectivity index is 1.64. The molecule has 2 aromatic rings. The largest absolute Gasteiger partial charge is 0.374 e. The summed E-state index contributed by atoms with van der Waals surface area (Å²) in [4.78, 5) is 19.5. The van der Waals surface area contributed by atoms with Crippen molar-refractivity contribution in [2.45, 2.75) is 37.8 Å². The van der Waals surface area contributed by atoms with Gasteiger partial charge in [0.25, 0.3) is 5.91 Å². The number of aromatic nitrogens is 1. The molecule has 22 heavy (non-hydrogen) atoms. The Morgan fingerprint density at radius 2 is 2.00 bits per heavy atom. The van der Waals surface area contributed by atoms with Gasteiger partial charge in [-0.3, -0.25) is 4.79 Å². The van der Waals surface area contributed by atoms with Crippen molar-refractivity contribution >= 4 is 16.8 Å². The normalized spacial score (nSPS) is 25.0. The fraction of sp³-hybridized carbons (Fsp3) is 0.444. The van der Waals surface area contributed by atoms with Gasteiger partial charge < -0.3 is 9.64 Å². The van der Waals surface area contributed by atoms with Crippen LogP contribution in [0.3, 0.4) is 0 Å². The van der Waals surface area contributed by atoms with Gasteiger partial charge in [-0.15, -0.1) is 0 Å². The number of para-hydroxylation sites is 1. The second-order valence-corrected chi connectivity index (χ2v) is 6.15. The lowest BCUT2D eigenvalue weighted by molar-refractivity contribution is -0.0754. The van der Waals surface area contributed by atoms with E-state index < -0.39 is 0 Å². The van der Waals surface area contributed by atoms with Crippen molar-refractivity contribution in [3.05, 3.63) is 42.1 Å². The first-order valence-electron chi connectivity index (χ1n) is 8.11. The number of ether oxygens (including phenoxy) is 1. The first-order chi connectivity index (χ1) is 10.8. The minimum absolute atomic E-state index is 0.0472. The molecule has 0 spiro atoms. The molecule has 0 unspecified atom stereocenters. The Morgan fingerprint density at radius 3 is 2.95 bits per heavy atom. The maximum Gasteiger partial charge on any atom is 0.272 e. The van der Waals surface area contributed by atoms with Gasteiger partial charge in [0.15, 0.2) is 0 Å². The van der Waals surface area contributed by atoms with E-state index in [1.807, 2.05) is 41.3 Å². The summed E-state index contributed by atoms with van der Waals surface area (Å²) in [7, 11) is 0. The smallest absolute Gasteiger partial charge is 0.272 e. The van der Waals surface area contributed by atoms with E-state index in [1.54, 1.807) is 0 Å². The fourth-order valence-corrected chi connectivity index (χ4v) is 3.68. The van der Waals surface area contributed by atoms with Gasteiger partial charge in [0.2, 0.25) is 0 Å². The van der Waals surface area contributed by atoms with Crippen molar-refractivity contribution < 1.29 is 9.53 Å². The van der Waals surface area contributed by atoms with Gasteiger partial charge in [-0.2, -0.15) is 0 Å². The Hall–Kier alpha value is -1.94. The third-order valence-corrected chi connectivity index (χ3v) is 4.81. The van der Waals surface area contributed by atoms with Crippen LogP contribution < -0.4 is 0 Å². The average Bonchev–Trinajstić information content (AvgIpc) is 2.60. The van der Waals surface area contributed by atoms with Crippen molar-refractivity contribution in [2.75, 3.05) is 13.2 Å². The fourth-order valence-electron chi connectivity index (χ4n) is 3.68. The average molecular weight is 296 g/mol. The summed E-state index contributed by atoms with van der Waals surface area (Å²) in [5.41, 5.74) is 1.42. The maximum absolute atomic E-state index is 12.9. The molecule has 1 aliphatic heterocycles. The zero-order chi connectivity index (χ0) is 14.9. The molecule has 1 aromatic carbocycles. The van der Waals surface area contributed by atoms with Crippen LogP contribution in [-0.2, 0) is 4.74 Å². The number of carbonyl (C=O) groups excluding carboxylic acids is 1. The number of fused-ring (bicyclic) bond motifs is 2. The van der Waals surface area contributed by atoms with E-state index in [0.717, 1.165) is 23.7 Å². The van der Waals surface area contributed by atoms with Crippen LogP contribution in [0.15, 0.2) is 36.4 Å². The topological polar surface area (TPSA) is 42.4 Å². The molecule has 1 saturated carbocycles. The van der Waals surface area contributed by atoms with Crippen molar-refractivity contribution in [3.8, 4) is 0 Å². The molecular weight excluding hydrogens is 276 g/mol. The molecule has 0 N–H and O–H groups in total. The molecule has 114 valence electrons. The lowest BCUT2D eigenvalue weighted by Crippen LogP contribution is -2.54. The van der Waals surface area contributed by atoms with E-state index in [-0.39, 0.29) is 18.1 Å². The molecule has 1 aromatic heterocycles. The number of pyridine rings is 1. The molecule has 0 radical (unpaired) electrons. The van der Waals surface area contributed by atoms with E-state index in [0.29, 0.717) is 18.8 Å². The van der Waals surface area contributed by atoms with Crippen LogP contribution in [-0.4, -0.2) is 41.1 Å². The molecule has 4 nitrogen and oxygen atoms in total. The van der Waals surface area contributed by atoms with Crippen LogP contribution in [0, 0.1) is 0 Å². The van der Waals surface area contributed by atoms with E-state index >= 15 is 0 Å². The molecule has 0 bridgehead atoms. The SMILES string of the molecule is O=C(c1ccc2ccccc2n1)N1CCO[C@@H]2CCCC[C@H]21. The highest BCUT2D eigenvalue weighted by Gasteiger charge is 2.37. The van der Waals surface area contributed by atoms with Crippen LogP contribution >= 0.6 is 0 Å². The molecule has 1 saturated heterocycles. The van der Waals surface area contributed by atoms with E-state index in [9.17, 15) is 4.79 Å². The molecule has 1 aliphatic carbocycles. The summed E-state index contributed by atoms with van der Waals surface area (Å²) in [5.74, 6) is 0.0472. The summed E-state index contributed by atoms with van der Waals surface area (Å²) in [6.07, 6.45) is 4.72. The van der Waals surface area contributed by atoms with Crippen molar-refractivity contribution in [1.82, 2.24) is 9.88 Å². The quantitative estimate of drug-likeness (QED) is 0.812. The maximum atomic E-state index is 12.9. The molecule has 1 amide bonds. The Kier molecular flexibility index (Phi) is 3.54. The minimum Gasteiger partial charge on any atom is -0.374 e. The third kappa shape index (κ3) is 2.37. The highest BCUT2D eigenvalue weighted by atomic mass is 16.5. The Morgan fingerprint density at radius 1 is 1.14 bits per heavy atom. The molecule has 2 aliphatic rings. The highest BCUT2D eigenvalue weighted by molar-refractivity contribution is 5.95. The zero-order valence-electron chi connectivity index (χ0n) is 12.6. The van der Waals surface area contributed by atoms with E-state index in [4.69, 9.17) is 4.74 Å². The molecule has 2 fully saturated rings. The number of carbonyl (C=O) groups is 1. The van der Waals surface area contributed by atoms with Gasteiger partial charge in [0.05, 0.1) is 24.3 Å². The van der Waals surface area contributed by atoms with E-state index in [2.05, 4.69) is 4.98 Å². The number of hydrogen-bond donors (Lipinski definition) is 0.